The second-order valence-electron chi connectivity index (χ2n) is 2.60. The lowest BCUT2D eigenvalue weighted by atomic mass is 10.2. The number of rotatable bonds is 4. The molecule has 0 aromatic carbocycles. The zero-order valence-electron chi connectivity index (χ0n) is 6.36. The molecule has 0 saturated heterocycles. The van der Waals surface area contributed by atoms with Gasteiger partial charge in [0.1, 0.15) is 0 Å². The van der Waals surface area contributed by atoms with Gasteiger partial charge in [0, 0.05) is 19.2 Å². The maximum absolute atomic E-state index is 10.7. The van der Waals surface area contributed by atoms with Crippen LogP contribution in [0.4, 0.5) is 0 Å². The molecule has 0 aliphatic carbocycles. The smallest absolute Gasteiger partial charge is 0.362 e. The molecule has 0 bridgehead atoms. The zero-order valence-corrected chi connectivity index (χ0v) is 7.25. The molecule has 0 radical (unpaired) electrons. The summed E-state index contributed by atoms with van der Waals surface area (Å²) in [6.07, 6.45) is 0.174. The van der Waals surface area contributed by atoms with Crippen molar-refractivity contribution in [1.82, 2.24) is 0 Å². The second kappa shape index (κ2) is 3.85. The molecule has 0 aliphatic heterocycles. The van der Waals surface area contributed by atoms with Gasteiger partial charge in [-0.25, -0.2) is 4.79 Å². The number of carboxylic acid groups (broad SMARTS) is 1. The molecule has 5 N–H and O–H groups in total. The van der Waals surface area contributed by atoms with Crippen LogP contribution < -0.4 is 5.73 Å². The highest BCUT2D eigenvalue weighted by Crippen LogP contribution is 2.35. The van der Waals surface area contributed by atoms with Crippen molar-refractivity contribution in [3.8, 4) is 0 Å². The van der Waals surface area contributed by atoms with E-state index in [1.54, 1.807) is 0 Å². The lowest BCUT2D eigenvalue weighted by Crippen LogP contribution is -2.65. The Balaban J connectivity index is 3.72. The van der Waals surface area contributed by atoms with Gasteiger partial charge in [0.05, 0.1) is 0 Å². The van der Waals surface area contributed by atoms with Crippen molar-refractivity contribution in [2.75, 3.05) is 12.8 Å². The Kier molecular flexibility index (Phi) is 3.72. The van der Waals surface area contributed by atoms with Crippen LogP contribution in [-0.4, -0.2) is 34.8 Å². The quantitative estimate of drug-likeness (QED) is 0.484. The van der Waals surface area contributed by atoms with E-state index in [2.05, 4.69) is 5.73 Å². The van der Waals surface area contributed by atoms with Gasteiger partial charge in [-0.05, 0) is 0 Å². The molecule has 0 aliphatic rings. The monoisotopic (exact) mass is 182 g/mol. The minimum atomic E-state index is -3.06. The van der Waals surface area contributed by atoms with Gasteiger partial charge in [0.2, 0.25) is 0 Å². The average molecular weight is 182 g/mol. The summed E-state index contributed by atoms with van der Waals surface area (Å²) in [4.78, 5) is 19.0. The molecule has 0 aromatic heterocycles. The van der Waals surface area contributed by atoms with Crippen molar-refractivity contribution < 1.29 is 25.1 Å². The Bertz CT molecular complexity index is 187. The van der Waals surface area contributed by atoms with Crippen molar-refractivity contribution in [3.63, 3.8) is 0 Å². The second-order valence-corrected chi connectivity index (χ2v) is 5.15. The van der Waals surface area contributed by atoms with Crippen molar-refractivity contribution in [1.29, 1.82) is 0 Å². The molecular formula is C5H13NO4P+. The number of quaternary nitrogens is 1. The van der Waals surface area contributed by atoms with Crippen LogP contribution in [0.1, 0.15) is 6.42 Å². The summed E-state index contributed by atoms with van der Waals surface area (Å²) in [5.41, 5.74) is 3.31. The first-order valence-corrected chi connectivity index (χ1v) is 5.47. The van der Waals surface area contributed by atoms with Crippen molar-refractivity contribution in [2.24, 2.45) is 0 Å². The van der Waals surface area contributed by atoms with Crippen LogP contribution in [0.5, 0.6) is 0 Å². The summed E-state index contributed by atoms with van der Waals surface area (Å²) >= 11 is 0. The van der Waals surface area contributed by atoms with Crippen molar-refractivity contribution in [3.05, 3.63) is 0 Å². The van der Waals surface area contributed by atoms with E-state index < -0.39 is 19.4 Å². The summed E-state index contributed by atoms with van der Waals surface area (Å²) in [6.45, 7) is 1.21. The van der Waals surface area contributed by atoms with Gasteiger partial charge in [0.25, 0.3) is 0 Å². The van der Waals surface area contributed by atoms with E-state index in [4.69, 9.17) is 10.00 Å². The minimum Gasteiger partial charge on any atom is -0.477 e. The van der Waals surface area contributed by atoms with Gasteiger partial charge in [0.15, 0.2) is 13.4 Å². The van der Waals surface area contributed by atoms with Gasteiger partial charge in [-0.15, -0.1) is 0 Å². The molecule has 0 fully saturated rings. The Morgan fingerprint density at radius 1 is 1.73 bits per heavy atom. The summed E-state index contributed by atoms with van der Waals surface area (Å²) in [5, 5.41) is 8.35. The molecule has 66 valence electrons. The van der Waals surface area contributed by atoms with E-state index in [0.29, 0.717) is 0 Å². The van der Waals surface area contributed by atoms with E-state index in [-0.39, 0.29) is 12.6 Å². The first-order valence-electron chi connectivity index (χ1n) is 3.18. The number of hydrogen-bond acceptors (Lipinski definition) is 2. The molecule has 0 amide bonds. The number of carbonyl (C=O) groups is 1. The van der Waals surface area contributed by atoms with E-state index in [0.717, 1.165) is 0 Å². The van der Waals surface area contributed by atoms with Crippen LogP contribution in [0.15, 0.2) is 0 Å². The van der Waals surface area contributed by atoms with E-state index in [1.807, 2.05) is 0 Å². The summed E-state index contributed by atoms with van der Waals surface area (Å²) in [6, 6.07) is -0.782. The number of aliphatic carboxylic acids is 1. The zero-order chi connectivity index (χ0) is 9.07. The fourth-order valence-electron chi connectivity index (χ4n) is 0.519. The highest BCUT2D eigenvalue weighted by atomic mass is 31.2. The molecule has 0 rings (SSSR count). The minimum absolute atomic E-state index is 0.0213. The van der Waals surface area contributed by atoms with Crippen LogP contribution >= 0.6 is 7.37 Å². The molecule has 0 aromatic rings. The predicted octanol–water partition coefficient (Wildman–Crippen LogP) is -1.03. The third-order valence-electron chi connectivity index (χ3n) is 1.24. The van der Waals surface area contributed by atoms with Crippen molar-refractivity contribution in [2.45, 2.75) is 12.5 Å². The maximum atomic E-state index is 10.7. The first kappa shape index (κ1) is 10.6. The summed E-state index contributed by atoms with van der Waals surface area (Å²) in [7, 11) is -3.06. The third kappa shape index (κ3) is 6.04. The molecular weight excluding hydrogens is 169 g/mol. The fraction of sp³-hybridized carbons (Fsp3) is 0.800. The largest absolute Gasteiger partial charge is 0.477 e. The molecule has 2 unspecified atom stereocenters. The van der Waals surface area contributed by atoms with E-state index >= 15 is 0 Å². The summed E-state index contributed by atoms with van der Waals surface area (Å²) < 4.78 is 10.7. The molecule has 6 heteroatoms. The van der Waals surface area contributed by atoms with E-state index in [9.17, 15) is 9.36 Å². The highest BCUT2D eigenvalue weighted by molar-refractivity contribution is 7.57. The predicted molar refractivity (Wildman–Crippen MR) is 39.5 cm³/mol. The normalized spacial score (nSPS) is 18.8. The maximum Gasteiger partial charge on any atom is 0.362 e. The van der Waals surface area contributed by atoms with Gasteiger partial charge in [-0.1, -0.05) is 0 Å². The van der Waals surface area contributed by atoms with E-state index in [1.165, 1.54) is 6.66 Å². The van der Waals surface area contributed by atoms with Crippen LogP contribution in [-0.2, 0) is 9.36 Å². The number of carboxylic acids is 1. The lowest BCUT2D eigenvalue weighted by Gasteiger charge is -2.05. The molecule has 0 spiro atoms. The topological polar surface area (TPSA) is 102 Å². The number of hydrogen-bond donors (Lipinski definition) is 3. The average Bonchev–Trinajstić information content (AvgIpc) is 1.80. The third-order valence-corrected chi connectivity index (χ3v) is 2.33. The van der Waals surface area contributed by atoms with Crippen LogP contribution in [0.25, 0.3) is 0 Å². The SMILES string of the molecule is CP(=O)(O)CCC([NH3+])C(=O)O. The Morgan fingerprint density at radius 2 is 2.18 bits per heavy atom. The Labute approximate surface area is 64.7 Å². The van der Waals surface area contributed by atoms with Crippen LogP contribution in [0, 0.1) is 0 Å². The lowest BCUT2D eigenvalue weighted by molar-refractivity contribution is -0.407. The highest BCUT2D eigenvalue weighted by Gasteiger charge is 2.19. The Morgan fingerprint density at radius 3 is 2.45 bits per heavy atom. The fourth-order valence-corrected chi connectivity index (χ4v) is 1.31. The van der Waals surface area contributed by atoms with Crippen LogP contribution in [0.3, 0.4) is 0 Å². The molecule has 5 nitrogen and oxygen atoms in total. The van der Waals surface area contributed by atoms with Gasteiger partial charge >= 0.3 is 5.97 Å². The molecule has 2 atom stereocenters. The summed E-state index contributed by atoms with van der Waals surface area (Å²) in [5.74, 6) is -1.03. The molecule has 0 heterocycles. The van der Waals surface area contributed by atoms with Crippen molar-refractivity contribution >= 4 is 13.3 Å². The van der Waals surface area contributed by atoms with Gasteiger partial charge in [-0.2, -0.15) is 0 Å². The van der Waals surface area contributed by atoms with Gasteiger partial charge < -0.3 is 15.7 Å². The Hall–Kier alpha value is -0.380. The molecule has 11 heavy (non-hydrogen) atoms. The molecule has 0 saturated carbocycles. The first-order chi connectivity index (χ1) is 4.83. The standard InChI is InChI=1S/C5H12NO4P/c1-11(9,10)3-2-4(6)5(7)8/h4H,2-3,6H2,1H3,(H,7,8)(H,9,10)/p+1. The van der Waals surface area contributed by atoms with Gasteiger partial charge in [-0.3, -0.25) is 4.57 Å². The van der Waals surface area contributed by atoms with Crippen LogP contribution in [0.2, 0.25) is 0 Å².